The predicted octanol–water partition coefficient (Wildman–Crippen LogP) is 3.17. The van der Waals surface area contributed by atoms with E-state index in [0.29, 0.717) is 0 Å². The Morgan fingerprint density at radius 3 is 2.81 bits per heavy atom. The SMILES string of the molecule is CC(C)(N)Cc1cc(Cl)cc2cccnc12. The van der Waals surface area contributed by atoms with Crippen molar-refractivity contribution in [2.45, 2.75) is 25.8 Å². The molecule has 0 atom stereocenters. The number of rotatable bonds is 2. The van der Waals surface area contributed by atoms with Gasteiger partial charge in [-0.3, -0.25) is 4.98 Å². The highest BCUT2D eigenvalue weighted by Crippen LogP contribution is 2.24. The van der Waals surface area contributed by atoms with Gasteiger partial charge in [-0.05, 0) is 44.0 Å². The lowest BCUT2D eigenvalue weighted by Gasteiger charge is -2.19. The molecule has 0 saturated carbocycles. The predicted molar refractivity (Wildman–Crippen MR) is 68.7 cm³/mol. The zero-order valence-electron chi connectivity index (χ0n) is 9.50. The Balaban J connectivity index is 2.59. The van der Waals surface area contributed by atoms with Crippen molar-refractivity contribution < 1.29 is 0 Å². The van der Waals surface area contributed by atoms with Gasteiger partial charge in [0.1, 0.15) is 0 Å². The van der Waals surface area contributed by atoms with Crippen molar-refractivity contribution in [2.24, 2.45) is 5.73 Å². The Morgan fingerprint density at radius 2 is 2.12 bits per heavy atom. The van der Waals surface area contributed by atoms with Crippen LogP contribution in [0.4, 0.5) is 0 Å². The van der Waals surface area contributed by atoms with E-state index in [1.807, 2.05) is 38.1 Å². The van der Waals surface area contributed by atoms with Crippen LogP contribution >= 0.6 is 11.6 Å². The second-order valence-corrected chi connectivity index (χ2v) is 5.24. The maximum absolute atomic E-state index is 6.08. The second-order valence-electron chi connectivity index (χ2n) is 4.81. The summed E-state index contributed by atoms with van der Waals surface area (Å²) in [6.45, 7) is 4.01. The number of fused-ring (bicyclic) bond motifs is 1. The molecule has 2 rings (SSSR count). The minimum atomic E-state index is -0.255. The molecule has 84 valence electrons. The van der Waals surface area contributed by atoms with Crippen molar-refractivity contribution in [3.63, 3.8) is 0 Å². The van der Waals surface area contributed by atoms with Crippen LogP contribution in [0.15, 0.2) is 30.5 Å². The zero-order valence-corrected chi connectivity index (χ0v) is 10.3. The Bertz CT molecular complexity index is 515. The summed E-state index contributed by atoms with van der Waals surface area (Å²) in [5.74, 6) is 0. The Kier molecular flexibility index (Phi) is 2.87. The van der Waals surface area contributed by atoms with Gasteiger partial charge in [-0.25, -0.2) is 0 Å². The summed E-state index contributed by atoms with van der Waals surface area (Å²) in [6.07, 6.45) is 2.56. The number of hydrogen-bond donors (Lipinski definition) is 1. The first kappa shape index (κ1) is 11.4. The minimum absolute atomic E-state index is 0.255. The summed E-state index contributed by atoms with van der Waals surface area (Å²) in [5.41, 5.74) is 7.88. The molecule has 0 amide bonds. The van der Waals surface area contributed by atoms with Crippen molar-refractivity contribution in [2.75, 3.05) is 0 Å². The number of nitrogens with two attached hydrogens (primary N) is 1. The summed E-state index contributed by atoms with van der Waals surface area (Å²) in [4.78, 5) is 4.39. The molecule has 0 saturated heterocycles. The minimum Gasteiger partial charge on any atom is -0.325 e. The average Bonchev–Trinajstić information content (AvgIpc) is 2.14. The van der Waals surface area contributed by atoms with Gasteiger partial charge < -0.3 is 5.73 Å². The van der Waals surface area contributed by atoms with Crippen molar-refractivity contribution in [1.82, 2.24) is 4.98 Å². The molecule has 0 fully saturated rings. The van der Waals surface area contributed by atoms with Gasteiger partial charge in [0.15, 0.2) is 0 Å². The average molecular weight is 235 g/mol. The van der Waals surface area contributed by atoms with Gasteiger partial charge in [0, 0.05) is 22.1 Å². The van der Waals surface area contributed by atoms with Crippen LogP contribution in [-0.4, -0.2) is 10.5 Å². The first-order valence-electron chi connectivity index (χ1n) is 5.28. The highest BCUT2D eigenvalue weighted by molar-refractivity contribution is 6.31. The zero-order chi connectivity index (χ0) is 11.8. The molecule has 2 nitrogen and oxygen atoms in total. The summed E-state index contributed by atoms with van der Waals surface area (Å²) in [6, 6.07) is 7.81. The molecule has 0 spiro atoms. The highest BCUT2D eigenvalue weighted by atomic mass is 35.5. The molecular weight excluding hydrogens is 220 g/mol. The summed E-state index contributed by atoms with van der Waals surface area (Å²) in [5, 5.41) is 1.80. The van der Waals surface area contributed by atoms with Gasteiger partial charge in [0.05, 0.1) is 5.52 Å². The fourth-order valence-corrected chi connectivity index (χ4v) is 2.10. The van der Waals surface area contributed by atoms with E-state index in [4.69, 9.17) is 17.3 Å². The maximum Gasteiger partial charge on any atom is 0.0735 e. The fourth-order valence-electron chi connectivity index (χ4n) is 1.85. The smallest absolute Gasteiger partial charge is 0.0735 e. The van der Waals surface area contributed by atoms with Gasteiger partial charge >= 0.3 is 0 Å². The topological polar surface area (TPSA) is 38.9 Å². The molecule has 0 aliphatic heterocycles. The summed E-state index contributed by atoms with van der Waals surface area (Å²) in [7, 11) is 0. The molecule has 1 heterocycles. The Morgan fingerprint density at radius 1 is 1.38 bits per heavy atom. The highest BCUT2D eigenvalue weighted by Gasteiger charge is 2.14. The van der Waals surface area contributed by atoms with Crippen molar-refractivity contribution >= 4 is 22.5 Å². The monoisotopic (exact) mass is 234 g/mol. The number of hydrogen-bond acceptors (Lipinski definition) is 2. The molecule has 0 aliphatic rings. The summed E-state index contributed by atoms with van der Waals surface area (Å²) >= 11 is 6.08. The molecular formula is C13H15ClN2. The lowest BCUT2D eigenvalue weighted by Crippen LogP contribution is -2.34. The molecule has 1 aromatic carbocycles. The maximum atomic E-state index is 6.08. The fraction of sp³-hybridized carbons (Fsp3) is 0.308. The van der Waals surface area contributed by atoms with Crippen LogP contribution in [-0.2, 0) is 6.42 Å². The van der Waals surface area contributed by atoms with Crippen molar-refractivity contribution in [3.05, 3.63) is 41.0 Å². The third kappa shape index (κ3) is 2.52. The van der Waals surface area contributed by atoms with E-state index in [2.05, 4.69) is 4.98 Å². The van der Waals surface area contributed by atoms with Crippen LogP contribution in [0.3, 0.4) is 0 Å². The number of halogens is 1. The van der Waals surface area contributed by atoms with Crippen LogP contribution < -0.4 is 5.73 Å². The molecule has 0 radical (unpaired) electrons. The molecule has 2 N–H and O–H groups in total. The molecule has 0 bridgehead atoms. The largest absolute Gasteiger partial charge is 0.325 e. The van der Waals surface area contributed by atoms with Gasteiger partial charge in [0.25, 0.3) is 0 Å². The van der Waals surface area contributed by atoms with Gasteiger partial charge in [-0.1, -0.05) is 17.7 Å². The molecule has 3 heteroatoms. The van der Waals surface area contributed by atoms with Crippen molar-refractivity contribution in [1.29, 1.82) is 0 Å². The van der Waals surface area contributed by atoms with E-state index in [9.17, 15) is 0 Å². The van der Waals surface area contributed by atoms with E-state index in [1.54, 1.807) is 6.20 Å². The van der Waals surface area contributed by atoms with Gasteiger partial charge in [0.2, 0.25) is 0 Å². The quantitative estimate of drug-likeness (QED) is 0.867. The normalized spacial score (nSPS) is 12.0. The van der Waals surface area contributed by atoms with E-state index in [0.717, 1.165) is 27.9 Å². The molecule has 2 aromatic rings. The molecule has 0 aliphatic carbocycles. The number of benzene rings is 1. The van der Waals surface area contributed by atoms with E-state index in [1.165, 1.54) is 0 Å². The molecule has 0 unspecified atom stereocenters. The summed E-state index contributed by atoms with van der Waals surface area (Å²) < 4.78 is 0. The van der Waals surface area contributed by atoms with E-state index in [-0.39, 0.29) is 5.54 Å². The third-order valence-electron chi connectivity index (χ3n) is 2.39. The molecule has 16 heavy (non-hydrogen) atoms. The van der Waals surface area contributed by atoms with Gasteiger partial charge in [-0.2, -0.15) is 0 Å². The van der Waals surface area contributed by atoms with Crippen LogP contribution in [0.25, 0.3) is 10.9 Å². The Labute approximate surface area is 100 Å². The van der Waals surface area contributed by atoms with Crippen LogP contribution in [0, 0.1) is 0 Å². The lowest BCUT2D eigenvalue weighted by molar-refractivity contribution is 0.518. The second kappa shape index (κ2) is 4.04. The first-order valence-corrected chi connectivity index (χ1v) is 5.65. The number of pyridine rings is 1. The Hall–Kier alpha value is -1.12. The van der Waals surface area contributed by atoms with E-state index < -0.39 is 0 Å². The van der Waals surface area contributed by atoms with Crippen LogP contribution in [0.5, 0.6) is 0 Å². The van der Waals surface area contributed by atoms with Crippen molar-refractivity contribution in [3.8, 4) is 0 Å². The number of aromatic nitrogens is 1. The number of nitrogens with zero attached hydrogens (tertiary/aromatic N) is 1. The van der Waals surface area contributed by atoms with E-state index >= 15 is 0 Å². The standard InChI is InChI=1S/C13H15ClN2/c1-13(2,15)8-10-7-11(14)6-9-4-3-5-16-12(9)10/h3-7H,8,15H2,1-2H3. The lowest BCUT2D eigenvalue weighted by atomic mass is 9.94. The van der Waals surface area contributed by atoms with Crippen LogP contribution in [0.1, 0.15) is 19.4 Å². The molecule has 1 aromatic heterocycles. The van der Waals surface area contributed by atoms with Crippen LogP contribution in [0.2, 0.25) is 5.02 Å². The first-order chi connectivity index (χ1) is 7.46. The van der Waals surface area contributed by atoms with Gasteiger partial charge in [-0.15, -0.1) is 0 Å². The third-order valence-corrected chi connectivity index (χ3v) is 2.61.